The fourth-order valence-corrected chi connectivity index (χ4v) is 11.8. The highest BCUT2D eigenvalue weighted by molar-refractivity contribution is 7.57. The number of rotatable bonds is 18. The minimum Gasteiger partial charge on any atom is -0.445 e. The van der Waals surface area contributed by atoms with Crippen molar-refractivity contribution in [1.29, 1.82) is 0 Å². The van der Waals surface area contributed by atoms with Crippen LogP contribution in [0.25, 0.3) is 0 Å². The summed E-state index contributed by atoms with van der Waals surface area (Å²) in [5, 5.41) is 3.05. The van der Waals surface area contributed by atoms with Crippen molar-refractivity contribution in [3.63, 3.8) is 0 Å². The molecule has 12 atom stereocenters. The van der Waals surface area contributed by atoms with Gasteiger partial charge in [0.05, 0.1) is 31.9 Å². The molecule has 15 heteroatoms. The van der Waals surface area contributed by atoms with Crippen LogP contribution in [0.15, 0.2) is 72.6 Å². The second kappa shape index (κ2) is 20.4. The van der Waals surface area contributed by atoms with Crippen LogP contribution in [-0.2, 0) is 58.5 Å². The zero-order chi connectivity index (χ0) is 44.9. The van der Waals surface area contributed by atoms with E-state index in [1.807, 2.05) is 81.4 Å². The van der Waals surface area contributed by atoms with E-state index < -0.39 is 67.7 Å². The fraction of sp³-hybridized carbons (Fsp3) is 0.646. The molecule has 5 heterocycles. The van der Waals surface area contributed by atoms with Crippen molar-refractivity contribution in [3.05, 3.63) is 83.7 Å². The van der Waals surface area contributed by atoms with Gasteiger partial charge in [-0.15, -0.1) is 0 Å². The van der Waals surface area contributed by atoms with Gasteiger partial charge in [-0.05, 0) is 75.3 Å². The van der Waals surface area contributed by atoms with Crippen LogP contribution in [0.2, 0.25) is 0 Å². The molecule has 2 aromatic rings. The number of likely N-dealkylation sites (tertiary alicyclic amines) is 1. The van der Waals surface area contributed by atoms with Crippen molar-refractivity contribution < 1.29 is 56.7 Å². The van der Waals surface area contributed by atoms with Crippen LogP contribution in [0.1, 0.15) is 110 Å². The van der Waals surface area contributed by atoms with Gasteiger partial charge in [0.2, 0.25) is 11.7 Å². The van der Waals surface area contributed by atoms with Crippen molar-refractivity contribution in [2.24, 2.45) is 29.6 Å². The number of ether oxygens (including phenoxy) is 4. The molecule has 2 bridgehead atoms. The molecule has 6 fully saturated rings. The first kappa shape index (κ1) is 47.5. The SMILES string of the molecule is CCOP(=O)(/C=C/C(CC(=O)[C@H](CC(C)C)NC(=O)[C@@H]1C[C@@H](O[C@H]2O[C@@H]3O[C@]4(C)CC[C@H]5[C@H](C)CC[C@@H]([C@H]2C)[C@@]35OO4)CN1C(=O)OCc1ccccc1)c1ccccc1)OCC. The van der Waals surface area contributed by atoms with Crippen LogP contribution in [0.3, 0.4) is 0 Å². The number of hydrogen-bond donors (Lipinski definition) is 1. The Labute approximate surface area is 372 Å². The third kappa shape index (κ3) is 10.7. The quantitative estimate of drug-likeness (QED) is 0.112. The van der Waals surface area contributed by atoms with E-state index in [4.69, 9.17) is 37.8 Å². The van der Waals surface area contributed by atoms with Crippen molar-refractivity contribution >= 4 is 25.4 Å². The Hall–Kier alpha value is -3.46. The van der Waals surface area contributed by atoms with Crippen LogP contribution in [0.5, 0.6) is 0 Å². The van der Waals surface area contributed by atoms with E-state index in [9.17, 15) is 18.9 Å². The number of benzene rings is 2. The number of nitrogens with one attached hydrogen (secondary N) is 1. The van der Waals surface area contributed by atoms with Gasteiger partial charge in [0.25, 0.3) is 0 Å². The van der Waals surface area contributed by atoms with Gasteiger partial charge in [-0.3, -0.25) is 19.1 Å². The van der Waals surface area contributed by atoms with Gasteiger partial charge in [-0.1, -0.05) is 94.4 Å². The number of amides is 2. The molecule has 1 saturated carbocycles. The first-order valence-electron chi connectivity index (χ1n) is 23.0. The lowest BCUT2D eigenvalue weighted by molar-refractivity contribution is -0.578. The maximum atomic E-state index is 14.6. The number of fused-ring (bicyclic) bond motifs is 2. The summed E-state index contributed by atoms with van der Waals surface area (Å²) in [6.07, 6.45) is 3.04. The Morgan fingerprint density at radius 3 is 2.33 bits per heavy atom. The molecule has 5 aliphatic heterocycles. The van der Waals surface area contributed by atoms with Crippen LogP contribution in [0, 0.1) is 29.6 Å². The van der Waals surface area contributed by atoms with Gasteiger partial charge in [-0.2, -0.15) is 0 Å². The maximum absolute atomic E-state index is 14.6. The highest BCUT2D eigenvalue weighted by Gasteiger charge is 2.69. The molecular formula is C48H67N2O12P. The van der Waals surface area contributed by atoms with Gasteiger partial charge in [0, 0.05) is 42.8 Å². The molecule has 6 aliphatic rings. The summed E-state index contributed by atoms with van der Waals surface area (Å²) in [6, 6.07) is 16.9. The highest BCUT2D eigenvalue weighted by Crippen LogP contribution is 2.61. The second-order valence-corrected chi connectivity index (χ2v) is 20.5. The summed E-state index contributed by atoms with van der Waals surface area (Å²) in [5.41, 5.74) is 0.870. The van der Waals surface area contributed by atoms with Gasteiger partial charge < -0.3 is 33.3 Å². The molecule has 14 nitrogen and oxygen atoms in total. The zero-order valence-corrected chi connectivity index (χ0v) is 38.7. The van der Waals surface area contributed by atoms with E-state index >= 15 is 0 Å². The second-order valence-electron chi connectivity index (χ2n) is 18.6. The molecule has 0 radical (unpaired) electrons. The first-order valence-corrected chi connectivity index (χ1v) is 24.6. The molecule has 1 spiro atoms. The van der Waals surface area contributed by atoms with Crippen LogP contribution >= 0.6 is 7.60 Å². The van der Waals surface area contributed by atoms with E-state index in [1.165, 1.54) is 10.7 Å². The van der Waals surface area contributed by atoms with Crippen LogP contribution in [0.4, 0.5) is 4.79 Å². The predicted octanol–water partition coefficient (Wildman–Crippen LogP) is 9.04. The van der Waals surface area contributed by atoms with Crippen LogP contribution < -0.4 is 5.32 Å². The Bertz CT molecular complexity index is 1940. The molecule has 63 heavy (non-hydrogen) atoms. The molecule has 0 aromatic heterocycles. The predicted molar refractivity (Wildman–Crippen MR) is 234 cm³/mol. The third-order valence-electron chi connectivity index (χ3n) is 13.6. The maximum Gasteiger partial charge on any atom is 0.410 e. The molecule has 5 saturated heterocycles. The van der Waals surface area contributed by atoms with Crippen molar-refractivity contribution in [1.82, 2.24) is 10.2 Å². The number of Topliss-reactive ketones (excluding diaryl/α,β-unsaturated/α-hetero) is 1. The van der Waals surface area contributed by atoms with Crippen LogP contribution in [-0.4, -0.2) is 84.6 Å². The Balaban J connectivity index is 1.10. The molecule has 8 rings (SSSR count). The van der Waals surface area contributed by atoms with Gasteiger partial charge in [-0.25, -0.2) is 14.6 Å². The summed E-state index contributed by atoms with van der Waals surface area (Å²) < 4.78 is 50.3. The largest absolute Gasteiger partial charge is 0.445 e. The van der Waals surface area contributed by atoms with Crippen molar-refractivity contribution in [2.75, 3.05) is 19.8 Å². The topological polar surface area (TPSA) is 157 Å². The molecule has 2 aromatic carbocycles. The number of ketones is 1. The molecule has 2 amide bonds. The Morgan fingerprint density at radius 1 is 0.952 bits per heavy atom. The number of nitrogens with zero attached hydrogens (tertiary/aromatic N) is 1. The first-order chi connectivity index (χ1) is 30.2. The van der Waals surface area contributed by atoms with E-state index in [2.05, 4.69) is 19.2 Å². The molecule has 1 N–H and O–H groups in total. The van der Waals surface area contributed by atoms with E-state index in [-0.39, 0.29) is 68.7 Å². The molecular weight excluding hydrogens is 828 g/mol. The summed E-state index contributed by atoms with van der Waals surface area (Å²) in [7, 11) is -3.56. The number of allylic oxidation sites excluding steroid dienone is 1. The zero-order valence-electron chi connectivity index (χ0n) is 37.9. The normalized spacial score (nSPS) is 32.5. The standard InChI is InChI=1S/C48H67N2O12P/c1-8-56-63(54,57-9-2)25-23-36(35-18-14-11-15-19-35)27-42(51)40(26-31(3)4)49-43(52)41-28-37(29-50(41)46(53)55-30-34-16-12-10-13-17-34)58-44-33(6)39-21-20-32(5)38-22-24-47(7)60-45(59-44)48(38,39)62-61-47/h10-19,23,25,31-33,36-41,44-45H,8-9,20-22,24,26-30H2,1-7H3,(H,49,52)/b25-23+/t32-,33-,36?,37-,38+,39+,40+,41+,44+,45-,47+,48-/m1/s1. The van der Waals surface area contributed by atoms with E-state index in [0.29, 0.717) is 18.8 Å². The minimum absolute atomic E-state index is 0.00586. The van der Waals surface area contributed by atoms with Crippen molar-refractivity contribution in [2.45, 2.75) is 148 Å². The summed E-state index contributed by atoms with van der Waals surface area (Å²) in [5.74, 6) is -0.154. The number of hydrogen-bond acceptors (Lipinski definition) is 12. The molecule has 346 valence electrons. The number of carbonyl (C=O) groups excluding carboxylic acids is 3. The van der Waals surface area contributed by atoms with Crippen molar-refractivity contribution in [3.8, 4) is 0 Å². The third-order valence-corrected chi connectivity index (χ3v) is 15.4. The average molecular weight is 895 g/mol. The monoisotopic (exact) mass is 894 g/mol. The smallest absolute Gasteiger partial charge is 0.410 e. The summed E-state index contributed by atoms with van der Waals surface area (Å²) >= 11 is 0. The fourth-order valence-electron chi connectivity index (χ4n) is 10.4. The summed E-state index contributed by atoms with van der Waals surface area (Å²) in [6.45, 7) is 14.2. The lowest BCUT2D eigenvalue weighted by atomic mass is 9.58. The van der Waals surface area contributed by atoms with Gasteiger partial charge >= 0.3 is 13.7 Å². The minimum atomic E-state index is -3.56. The lowest BCUT2D eigenvalue weighted by Crippen LogP contribution is -2.70. The Kier molecular flexibility index (Phi) is 15.4. The van der Waals surface area contributed by atoms with Gasteiger partial charge in [0.15, 0.2) is 24.0 Å². The summed E-state index contributed by atoms with van der Waals surface area (Å²) in [4.78, 5) is 56.7. The van der Waals surface area contributed by atoms with E-state index in [0.717, 1.165) is 30.4 Å². The Morgan fingerprint density at radius 2 is 1.65 bits per heavy atom. The highest BCUT2D eigenvalue weighted by atomic mass is 31.2. The number of carbonyl (C=O) groups is 3. The van der Waals surface area contributed by atoms with E-state index in [1.54, 1.807) is 19.9 Å². The lowest BCUT2D eigenvalue weighted by Gasteiger charge is -2.60. The molecule has 1 aliphatic carbocycles. The van der Waals surface area contributed by atoms with Gasteiger partial charge in [0.1, 0.15) is 12.6 Å². The average Bonchev–Trinajstić information content (AvgIpc) is 3.56. The molecule has 1 unspecified atom stereocenters.